The second-order valence-corrected chi connectivity index (χ2v) is 4.06. The van der Waals surface area contributed by atoms with E-state index in [-0.39, 0.29) is 0 Å². The van der Waals surface area contributed by atoms with Gasteiger partial charge in [0.25, 0.3) is 0 Å². The van der Waals surface area contributed by atoms with Gasteiger partial charge in [-0.3, -0.25) is 0 Å². The van der Waals surface area contributed by atoms with Crippen LogP contribution in [0.5, 0.6) is 0 Å². The number of alkyl halides is 1. The molecule has 1 nitrogen and oxygen atoms in total. The minimum Gasteiger partial charge on any atom is -0.317 e. The molecule has 0 aliphatic carbocycles. The first-order valence-corrected chi connectivity index (χ1v) is 5.57. The van der Waals surface area contributed by atoms with E-state index in [1.807, 2.05) is 0 Å². The minimum absolute atomic E-state index is 0.799. The second-order valence-electron chi connectivity index (χ2n) is 3.68. The van der Waals surface area contributed by atoms with Crippen molar-refractivity contribution in [3.63, 3.8) is 0 Å². The molecule has 0 saturated heterocycles. The van der Waals surface area contributed by atoms with Gasteiger partial charge in [-0.2, -0.15) is 0 Å². The summed E-state index contributed by atoms with van der Waals surface area (Å²) in [6.45, 7) is 6.84. The Labute approximate surface area is 81.9 Å². The molecule has 0 atom stereocenters. The molecule has 0 heterocycles. The Bertz CT molecular complexity index is 83.9. The summed E-state index contributed by atoms with van der Waals surface area (Å²) in [7, 11) is 0. The highest BCUT2D eigenvalue weighted by Gasteiger charge is 1.93. The number of hydrogen-bond donors (Lipinski definition) is 1. The lowest BCUT2D eigenvalue weighted by molar-refractivity contribution is 0.523. The molecule has 0 aromatic carbocycles. The molecule has 0 rings (SSSR count). The zero-order chi connectivity index (χ0) is 9.23. The van der Waals surface area contributed by atoms with Crippen LogP contribution in [0.25, 0.3) is 0 Å². The summed E-state index contributed by atoms with van der Waals surface area (Å²) >= 11 is 5.56. The van der Waals surface area contributed by atoms with E-state index in [1.165, 1.54) is 25.8 Å². The fourth-order valence-corrected chi connectivity index (χ4v) is 1.29. The van der Waals surface area contributed by atoms with Crippen molar-refractivity contribution in [2.45, 2.75) is 39.5 Å². The molecule has 0 unspecified atom stereocenters. The van der Waals surface area contributed by atoms with Crippen molar-refractivity contribution in [1.29, 1.82) is 0 Å². The molecule has 0 aromatic rings. The normalized spacial score (nSPS) is 11.0. The lowest BCUT2D eigenvalue weighted by Gasteiger charge is -2.05. The fourth-order valence-electron chi connectivity index (χ4n) is 1.10. The zero-order valence-electron chi connectivity index (χ0n) is 8.41. The van der Waals surface area contributed by atoms with Gasteiger partial charge in [0.05, 0.1) is 0 Å². The maximum absolute atomic E-state index is 5.56. The van der Waals surface area contributed by atoms with Crippen LogP contribution in [0.2, 0.25) is 0 Å². The molecule has 0 bridgehead atoms. The Hall–Kier alpha value is 0.250. The Morgan fingerprint density at radius 2 is 1.75 bits per heavy atom. The van der Waals surface area contributed by atoms with E-state index in [2.05, 4.69) is 19.2 Å². The van der Waals surface area contributed by atoms with Crippen LogP contribution in [0.1, 0.15) is 39.5 Å². The summed E-state index contributed by atoms with van der Waals surface area (Å²) < 4.78 is 0. The predicted molar refractivity (Wildman–Crippen MR) is 56.9 cm³/mol. The van der Waals surface area contributed by atoms with Gasteiger partial charge in [-0.25, -0.2) is 0 Å². The SMILES string of the molecule is CC(C)CCCNCCCCCl. The minimum atomic E-state index is 0.799. The van der Waals surface area contributed by atoms with Gasteiger partial charge in [0.1, 0.15) is 0 Å². The Kier molecular flexibility index (Phi) is 9.53. The van der Waals surface area contributed by atoms with E-state index in [9.17, 15) is 0 Å². The third kappa shape index (κ3) is 10.2. The quantitative estimate of drug-likeness (QED) is 0.460. The number of unbranched alkanes of at least 4 members (excludes halogenated alkanes) is 1. The average molecular weight is 192 g/mol. The highest BCUT2D eigenvalue weighted by Crippen LogP contribution is 2.01. The van der Waals surface area contributed by atoms with Crippen molar-refractivity contribution in [2.75, 3.05) is 19.0 Å². The molecule has 0 aliphatic rings. The van der Waals surface area contributed by atoms with Crippen LogP contribution in [-0.2, 0) is 0 Å². The van der Waals surface area contributed by atoms with E-state index in [0.29, 0.717) is 0 Å². The van der Waals surface area contributed by atoms with Gasteiger partial charge in [-0.05, 0) is 44.7 Å². The number of hydrogen-bond acceptors (Lipinski definition) is 1. The first kappa shape index (κ1) is 12.2. The molecule has 0 saturated carbocycles. The number of halogens is 1. The molecule has 1 N–H and O–H groups in total. The molecule has 0 aliphatic heterocycles. The Morgan fingerprint density at radius 3 is 2.33 bits per heavy atom. The van der Waals surface area contributed by atoms with E-state index < -0.39 is 0 Å². The maximum atomic E-state index is 5.56. The van der Waals surface area contributed by atoms with Gasteiger partial charge >= 0.3 is 0 Å². The molecule has 0 amide bonds. The lowest BCUT2D eigenvalue weighted by Crippen LogP contribution is -2.17. The van der Waals surface area contributed by atoms with Gasteiger partial charge in [0, 0.05) is 5.88 Å². The first-order valence-electron chi connectivity index (χ1n) is 5.04. The molecular weight excluding hydrogens is 170 g/mol. The first-order chi connectivity index (χ1) is 5.77. The zero-order valence-corrected chi connectivity index (χ0v) is 9.16. The number of rotatable bonds is 8. The standard InChI is InChI=1S/C10H22ClN/c1-10(2)6-5-9-12-8-4-3-7-11/h10,12H,3-9H2,1-2H3. The van der Waals surface area contributed by atoms with E-state index >= 15 is 0 Å². The van der Waals surface area contributed by atoms with Crippen LogP contribution < -0.4 is 5.32 Å². The van der Waals surface area contributed by atoms with Gasteiger partial charge in [0.2, 0.25) is 0 Å². The van der Waals surface area contributed by atoms with Gasteiger partial charge in [0.15, 0.2) is 0 Å². The van der Waals surface area contributed by atoms with Gasteiger partial charge < -0.3 is 5.32 Å². The highest BCUT2D eigenvalue weighted by molar-refractivity contribution is 6.17. The largest absolute Gasteiger partial charge is 0.317 e. The third-order valence-electron chi connectivity index (χ3n) is 1.87. The predicted octanol–water partition coefficient (Wildman–Crippen LogP) is 3.03. The van der Waals surface area contributed by atoms with Gasteiger partial charge in [-0.1, -0.05) is 13.8 Å². The van der Waals surface area contributed by atoms with Crippen LogP contribution in [0.4, 0.5) is 0 Å². The second kappa shape index (κ2) is 9.34. The van der Waals surface area contributed by atoms with Crippen LogP contribution >= 0.6 is 11.6 Å². The topological polar surface area (TPSA) is 12.0 Å². The smallest absolute Gasteiger partial charge is 0.0223 e. The van der Waals surface area contributed by atoms with E-state index in [4.69, 9.17) is 11.6 Å². The van der Waals surface area contributed by atoms with Crippen LogP contribution in [0.3, 0.4) is 0 Å². The summed E-state index contributed by atoms with van der Waals surface area (Å²) in [5.41, 5.74) is 0. The van der Waals surface area contributed by atoms with Crippen molar-refractivity contribution in [1.82, 2.24) is 5.32 Å². The lowest BCUT2D eigenvalue weighted by atomic mass is 10.1. The molecule has 0 radical (unpaired) electrons. The molecule has 0 spiro atoms. The molecule has 0 fully saturated rings. The van der Waals surface area contributed by atoms with Gasteiger partial charge in [-0.15, -0.1) is 11.6 Å². The molecule has 0 aromatic heterocycles. The van der Waals surface area contributed by atoms with E-state index in [0.717, 1.165) is 24.8 Å². The van der Waals surface area contributed by atoms with Crippen LogP contribution in [0.15, 0.2) is 0 Å². The van der Waals surface area contributed by atoms with Crippen molar-refractivity contribution in [3.05, 3.63) is 0 Å². The van der Waals surface area contributed by atoms with Crippen molar-refractivity contribution >= 4 is 11.6 Å². The van der Waals surface area contributed by atoms with Crippen molar-refractivity contribution in [2.24, 2.45) is 5.92 Å². The summed E-state index contributed by atoms with van der Waals surface area (Å²) in [4.78, 5) is 0. The number of nitrogens with one attached hydrogen (secondary N) is 1. The van der Waals surface area contributed by atoms with Crippen molar-refractivity contribution in [3.8, 4) is 0 Å². The molecular formula is C10H22ClN. The van der Waals surface area contributed by atoms with Crippen LogP contribution in [0, 0.1) is 5.92 Å². The summed E-state index contributed by atoms with van der Waals surface area (Å²) in [5, 5.41) is 3.42. The van der Waals surface area contributed by atoms with Crippen molar-refractivity contribution < 1.29 is 0 Å². The average Bonchev–Trinajstić information content (AvgIpc) is 2.02. The summed E-state index contributed by atoms with van der Waals surface area (Å²) in [6, 6.07) is 0. The maximum Gasteiger partial charge on any atom is 0.0223 e. The summed E-state index contributed by atoms with van der Waals surface area (Å²) in [6.07, 6.45) is 4.99. The van der Waals surface area contributed by atoms with E-state index in [1.54, 1.807) is 0 Å². The van der Waals surface area contributed by atoms with Crippen LogP contribution in [-0.4, -0.2) is 19.0 Å². The fraction of sp³-hybridized carbons (Fsp3) is 1.00. The molecule has 74 valence electrons. The third-order valence-corrected chi connectivity index (χ3v) is 2.14. The highest BCUT2D eigenvalue weighted by atomic mass is 35.5. The monoisotopic (exact) mass is 191 g/mol. The summed E-state index contributed by atoms with van der Waals surface area (Å²) in [5.74, 6) is 1.64. The molecule has 2 heteroatoms. The Balaban J connectivity index is 2.82. The molecule has 12 heavy (non-hydrogen) atoms. The Morgan fingerprint density at radius 1 is 1.08 bits per heavy atom.